The van der Waals surface area contributed by atoms with Crippen molar-refractivity contribution in [3.8, 4) is 5.75 Å². The third-order valence-corrected chi connectivity index (χ3v) is 3.81. The zero-order chi connectivity index (χ0) is 15.9. The molecule has 0 bridgehead atoms. The van der Waals surface area contributed by atoms with Crippen LogP contribution in [0.1, 0.15) is 33.1 Å². The first kappa shape index (κ1) is 16.3. The molecule has 1 fully saturated rings. The molecule has 120 valence electrons. The lowest BCUT2D eigenvalue weighted by Gasteiger charge is -2.16. The Bertz CT molecular complexity index is 530. The van der Waals surface area contributed by atoms with Gasteiger partial charge in [0.2, 0.25) is 11.8 Å². The van der Waals surface area contributed by atoms with Crippen molar-refractivity contribution in [2.75, 3.05) is 25.0 Å². The van der Waals surface area contributed by atoms with E-state index < -0.39 is 0 Å². The standard InChI is InChI=1S/C17H24N2O3/c1-3-5-10-19-12-13(11-16(19)20)17(21)18-14-8-6-7-9-15(14)22-4-2/h6-9,13H,3-5,10-12H2,1-2H3,(H,18,21). The second-order valence-corrected chi connectivity index (χ2v) is 5.51. The first-order valence-corrected chi connectivity index (χ1v) is 7.96. The molecule has 1 aliphatic heterocycles. The van der Waals surface area contributed by atoms with E-state index in [4.69, 9.17) is 4.74 Å². The Morgan fingerprint density at radius 2 is 2.14 bits per heavy atom. The summed E-state index contributed by atoms with van der Waals surface area (Å²) in [6.07, 6.45) is 2.32. The van der Waals surface area contributed by atoms with E-state index in [1.54, 1.807) is 4.90 Å². The maximum atomic E-state index is 12.4. The molecular weight excluding hydrogens is 280 g/mol. The fraction of sp³-hybridized carbons (Fsp3) is 0.529. The molecule has 1 aliphatic rings. The van der Waals surface area contributed by atoms with E-state index in [-0.39, 0.29) is 17.7 Å². The molecule has 5 nitrogen and oxygen atoms in total. The second kappa shape index (κ2) is 7.82. The van der Waals surface area contributed by atoms with Gasteiger partial charge in [0.05, 0.1) is 18.2 Å². The summed E-state index contributed by atoms with van der Waals surface area (Å²) in [5, 5.41) is 2.89. The Kier molecular flexibility index (Phi) is 5.81. The minimum Gasteiger partial charge on any atom is -0.492 e. The van der Waals surface area contributed by atoms with Crippen molar-refractivity contribution in [2.45, 2.75) is 33.1 Å². The van der Waals surface area contributed by atoms with Gasteiger partial charge in [0.25, 0.3) is 0 Å². The highest BCUT2D eigenvalue weighted by Gasteiger charge is 2.34. The van der Waals surface area contributed by atoms with Crippen LogP contribution in [0.2, 0.25) is 0 Å². The average Bonchev–Trinajstić information content (AvgIpc) is 2.88. The Balaban J connectivity index is 1.97. The molecule has 0 aromatic heterocycles. The number of para-hydroxylation sites is 2. The number of rotatable bonds is 7. The van der Waals surface area contributed by atoms with Crippen LogP contribution in [0.15, 0.2) is 24.3 Å². The Morgan fingerprint density at radius 1 is 1.36 bits per heavy atom. The number of hydrogen-bond donors (Lipinski definition) is 1. The van der Waals surface area contributed by atoms with Crippen molar-refractivity contribution in [1.29, 1.82) is 0 Å². The molecule has 5 heteroatoms. The number of unbranched alkanes of at least 4 members (excludes halogenated alkanes) is 1. The van der Waals surface area contributed by atoms with Gasteiger partial charge in [-0.3, -0.25) is 9.59 Å². The summed E-state index contributed by atoms with van der Waals surface area (Å²) in [4.78, 5) is 26.1. The van der Waals surface area contributed by atoms with Gasteiger partial charge in [-0.1, -0.05) is 25.5 Å². The summed E-state index contributed by atoms with van der Waals surface area (Å²) in [7, 11) is 0. The van der Waals surface area contributed by atoms with E-state index in [2.05, 4.69) is 12.2 Å². The van der Waals surface area contributed by atoms with Crippen LogP contribution in [0.25, 0.3) is 0 Å². The van der Waals surface area contributed by atoms with E-state index in [9.17, 15) is 9.59 Å². The molecule has 1 aromatic carbocycles. The van der Waals surface area contributed by atoms with Crippen LogP contribution >= 0.6 is 0 Å². The minimum absolute atomic E-state index is 0.0756. The maximum Gasteiger partial charge on any atom is 0.229 e. The number of benzene rings is 1. The van der Waals surface area contributed by atoms with Gasteiger partial charge in [0.15, 0.2) is 0 Å². The first-order valence-electron chi connectivity index (χ1n) is 7.96. The molecule has 0 radical (unpaired) electrons. The van der Waals surface area contributed by atoms with Gasteiger partial charge in [-0.15, -0.1) is 0 Å². The monoisotopic (exact) mass is 304 g/mol. The van der Waals surface area contributed by atoms with Crippen LogP contribution in [0.5, 0.6) is 5.75 Å². The Labute approximate surface area is 131 Å². The summed E-state index contributed by atoms with van der Waals surface area (Å²) < 4.78 is 5.50. The molecule has 1 saturated heterocycles. The normalized spacial score (nSPS) is 17.6. The van der Waals surface area contributed by atoms with Crippen LogP contribution in [0.4, 0.5) is 5.69 Å². The van der Waals surface area contributed by atoms with Crippen LogP contribution in [0, 0.1) is 5.92 Å². The number of nitrogens with one attached hydrogen (secondary N) is 1. The molecule has 1 heterocycles. The number of ether oxygens (including phenoxy) is 1. The van der Waals surface area contributed by atoms with E-state index >= 15 is 0 Å². The number of amides is 2. The van der Waals surface area contributed by atoms with Gasteiger partial charge in [0, 0.05) is 19.5 Å². The number of carbonyl (C=O) groups is 2. The predicted molar refractivity (Wildman–Crippen MR) is 85.8 cm³/mol. The summed E-state index contributed by atoms with van der Waals surface area (Å²) >= 11 is 0. The largest absolute Gasteiger partial charge is 0.492 e. The lowest BCUT2D eigenvalue weighted by Crippen LogP contribution is -2.29. The number of carbonyl (C=O) groups excluding carboxylic acids is 2. The molecule has 1 N–H and O–H groups in total. The van der Waals surface area contributed by atoms with Crippen molar-refractivity contribution in [2.24, 2.45) is 5.92 Å². The van der Waals surface area contributed by atoms with Gasteiger partial charge < -0.3 is 15.0 Å². The fourth-order valence-corrected chi connectivity index (χ4v) is 2.60. The van der Waals surface area contributed by atoms with Crippen molar-refractivity contribution >= 4 is 17.5 Å². The van der Waals surface area contributed by atoms with E-state index in [1.165, 1.54) is 0 Å². The Hall–Kier alpha value is -2.04. The summed E-state index contributed by atoms with van der Waals surface area (Å²) in [5.41, 5.74) is 0.661. The molecule has 0 spiro atoms. The maximum absolute atomic E-state index is 12.4. The lowest BCUT2D eigenvalue weighted by atomic mass is 10.1. The van der Waals surface area contributed by atoms with Gasteiger partial charge >= 0.3 is 0 Å². The van der Waals surface area contributed by atoms with Crippen LogP contribution in [-0.4, -0.2) is 36.4 Å². The topological polar surface area (TPSA) is 58.6 Å². The first-order chi connectivity index (χ1) is 10.7. The highest BCUT2D eigenvalue weighted by Crippen LogP contribution is 2.26. The van der Waals surface area contributed by atoms with Gasteiger partial charge in [-0.25, -0.2) is 0 Å². The van der Waals surface area contributed by atoms with Gasteiger partial charge in [-0.05, 0) is 25.5 Å². The van der Waals surface area contributed by atoms with Crippen molar-refractivity contribution in [3.63, 3.8) is 0 Å². The molecular formula is C17H24N2O3. The lowest BCUT2D eigenvalue weighted by molar-refractivity contribution is -0.128. The SMILES string of the molecule is CCCCN1CC(C(=O)Nc2ccccc2OCC)CC1=O. The van der Waals surface area contributed by atoms with Crippen LogP contribution in [0.3, 0.4) is 0 Å². The van der Waals surface area contributed by atoms with Gasteiger partial charge in [0.1, 0.15) is 5.75 Å². The quantitative estimate of drug-likeness (QED) is 0.842. The highest BCUT2D eigenvalue weighted by molar-refractivity contribution is 5.98. The molecule has 0 saturated carbocycles. The molecule has 0 aliphatic carbocycles. The molecule has 1 aromatic rings. The smallest absolute Gasteiger partial charge is 0.229 e. The van der Waals surface area contributed by atoms with E-state index in [0.29, 0.717) is 31.0 Å². The van der Waals surface area contributed by atoms with Crippen molar-refractivity contribution in [3.05, 3.63) is 24.3 Å². The molecule has 1 atom stereocenters. The number of nitrogens with zero attached hydrogens (tertiary/aromatic N) is 1. The zero-order valence-electron chi connectivity index (χ0n) is 13.3. The molecule has 22 heavy (non-hydrogen) atoms. The zero-order valence-corrected chi connectivity index (χ0v) is 13.3. The number of likely N-dealkylation sites (tertiary alicyclic amines) is 1. The highest BCUT2D eigenvalue weighted by atomic mass is 16.5. The third kappa shape index (κ3) is 4.00. The molecule has 2 amide bonds. The Morgan fingerprint density at radius 3 is 2.86 bits per heavy atom. The number of hydrogen-bond acceptors (Lipinski definition) is 3. The van der Waals surface area contributed by atoms with Crippen molar-refractivity contribution in [1.82, 2.24) is 4.90 Å². The third-order valence-electron chi connectivity index (χ3n) is 3.81. The minimum atomic E-state index is -0.279. The number of anilines is 1. The van der Waals surface area contributed by atoms with Gasteiger partial charge in [-0.2, -0.15) is 0 Å². The summed E-state index contributed by atoms with van der Waals surface area (Å²) in [6.45, 7) is 5.80. The predicted octanol–water partition coefficient (Wildman–Crippen LogP) is 2.67. The van der Waals surface area contributed by atoms with E-state index in [1.807, 2.05) is 31.2 Å². The molecule has 2 rings (SSSR count). The molecule has 1 unspecified atom stereocenters. The fourth-order valence-electron chi connectivity index (χ4n) is 2.60. The van der Waals surface area contributed by atoms with Crippen LogP contribution in [-0.2, 0) is 9.59 Å². The second-order valence-electron chi connectivity index (χ2n) is 5.51. The van der Waals surface area contributed by atoms with Crippen molar-refractivity contribution < 1.29 is 14.3 Å². The average molecular weight is 304 g/mol. The van der Waals surface area contributed by atoms with E-state index in [0.717, 1.165) is 19.4 Å². The van der Waals surface area contributed by atoms with Crippen LogP contribution < -0.4 is 10.1 Å². The summed E-state index contributed by atoms with van der Waals surface area (Å²) in [6, 6.07) is 7.36. The summed E-state index contributed by atoms with van der Waals surface area (Å²) in [5.74, 6) is 0.343.